The lowest BCUT2D eigenvalue weighted by molar-refractivity contribution is -0.139. The van der Waals surface area contributed by atoms with Crippen molar-refractivity contribution in [2.45, 2.75) is 96.4 Å². The summed E-state index contributed by atoms with van der Waals surface area (Å²) in [5.74, 6) is -0.869. The minimum atomic E-state index is -0.800. The smallest absolute Gasteiger partial charge is 0.320 e. The van der Waals surface area contributed by atoms with E-state index in [-0.39, 0.29) is 5.96 Å². The van der Waals surface area contributed by atoms with Crippen LogP contribution in [0.5, 0.6) is 0 Å². The number of aliphatic carboxylic acids is 1. The lowest BCUT2D eigenvalue weighted by Gasteiger charge is -2.14. The van der Waals surface area contributed by atoms with Crippen molar-refractivity contribution < 1.29 is 9.90 Å². The summed E-state index contributed by atoms with van der Waals surface area (Å²) in [6.45, 7) is 3.55. The predicted octanol–water partition coefficient (Wildman–Crippen LogP) is 3.60. The van der Waals surface area contributed by atoms with Crippen LogP contribution in [-0.4, -0.2) is 36.2 Å². The molecule has 0 bridgehead atoms. The maximum atomic E-state index is 11.2. The molecular weight excluding hydrogens is 316 g/mol. The fourth-order valence-corrected chi connectivity index (χ4v) is 2.91. The second kappa shape index (κ2) is 17.5. The van der Waals surface area contributed by atoms with Crippen LogP contribution in [0.3, 0.4) is 0 Å². The Morgan fingerprint density at radius 1 is 0.920 bits per heavy atom. The van der Waals surface area contributed by atoms with Gasteiger partial charge in [0.25, 0.3) is 0 Å². The Labute approximate surface area is 153 Å². The summed E-state index contributed by atoms with van der Waals surface area (Å²) < 4.78 is 0. The third-order valence-corrected chi connectivity index (χ3v) is 4.45. The van der Waals surface area contributed by atoms with E-state index in [1.165, 1.54) is 64.2 Å². The van der Waals surface area contributed by atoms with Crippen LogP contribution in [0.4, 0.5) is 0 Å². The minimum Gasteiger partial charge on any atom is -0.480 e. The molecule has 0 amide bonds. The summed E-state index contributed by atoms with van der Waals surface area (Å²) in [7, 11) is 0. The maximum Gasteiger partial charge on any atom is 0.320 e. The number of carboxylic acids is 1. The van der Waals surface area contributed by atoms with Gasteiger partial charge in [0.05, 0.1) is 0 Å². The van der Waals surface area contributed by atoms with E-state index in [9.17, 15) is 9.90 Å². The molecule has 0 aromatic heterocycles. The van der Waals surface area contributed by atoms with Crippen molar-refractivity contribution in [1.82, 2.24) is 10.6 Å². The number of nitrogens with two attached hydrogens (primary N) is 1. The molecule has 0 unspecified atom stereocenters. The average molecular weight is 357 g/mol. The van der Waals surface area contributed by atoms with Gasteiger partial charge in [-0.3, -0.25) is 10.2 Å². The molecule has 6 heteroatoms. The zero-order valence-electron chi connectivity index (χ0n) is 16.1. The van der Waals surface area contributed by atoms with Crippen molar-refractivity contribution in [3.63, 3.8) is 0 Å². The van der Waals surface area contributed by atoms with Gasteiger partial charge in [-0.1, -0.05) is 71.1 Å². The molecule has 0 heterocycles. The van der Waals surface area contributed by atoms with E-state index in [1.54, 1.807) is 0 Å². The highest BCUT2D eigenvalue weighted by Crippen LogP contribution is 2.11. The summed E-state index contributed by atoms with van der Waals surface area (Å²) in [5, 5.41) is 22.1. The second-order valence-electron chi connectivity index (χ2n) is 6.86. The van der Waals surface area contributed by atoms with Crippen LogP contribution in [0.25, 0.3) is 0 Å². The Morgan fingerprint density at radius 2 is 1.44 bits per heavy atom. The Hall–Kier alpha value is -1.30. The molecule has 0 radical (unpaired) electrons. The van der Waals surface area contributed by atoms with Gasteiger partial charge in [0, 0.05) is 6.54 Å². The summed E-state index contributed by atoms with van der Waals surface area (Å²) >= 11 is 0. The first-order valence-corrected chi connectivity index (χ1v) is 10.1. The topological polar surface area (TPSA) is 111 Å². The van der Waals surface area contributed by atoms with Crippen molar-refractivity contribution in [3.8, 4) is 0 Å². The van der Waals surface area contributed by atoms with Crippen LogP contribution in [0.15, 0.2) is 0 Å². The van der Waals surface area contributed by atoms with Crippen molar-refractivity contribution in [3.05, 3.63) is 0 Å². The number of carboxylic acid groups (broad SMARTS) is 1. The molecule has 0 aliphatic carbocycles. The molecule has 0 aliphatic heterocycles. The first kappa shape index (κ1) is 23.7. The number of rotatable bonds is 18. The molecule has 25 heavy (non-hydrogen) atoms. The Morgan fingerprint density at radius 3 is 1.92 bits per heavy atom. The molecule has 0 rings (SSSR count). The summed E-state index contributed by atoms with van der Waals surface area (Å²) in [6.07, 6.45) is 15.5. The highest BCUT2D eigenvalue weighted by molar-refractivity contribution is 5.74. The molecule has 0 saturated carbocycles. The first-order valence-electron chi connectivity index (χ1n) is 10.1. The Balaban J connectivity index is 3.44. The molecule has 0 spiro atoms. The van der Waals surface area contributed by atoms with Gasteiger partial charge in [0.15, 0.2) is 5.96 Å². The van der Waals surface area contributed by atoms with Gasteiger partial charge in [0.2, 0.25) is 0 Å². The van der Waals surface area contributed by atoms with Crippen LogP contribution in [-0.2, 0) is 4.79 Å². The van der Waals surface area contributed by atoms with Gasteiger partial charge in [0.1, 0.15) is 6.04 Å². The summed E-state index contributed by atoms with van der Waals surface area (Å²) in [6, 6.07) is -0.503. The standard InChI is InChI=1S/C19H40N4O2/c1-2-3-4-5-6-7-8-9-10-11-12-15-22-17(18(24)25)14-13-16-23-19(20)21/h17,22H,2-16H2,1H3,(H,24,25)(H4,20,21,23)/t17-/m0/s1. The van der Waals surface area contributed by atoms with Gasteiger partial charge in [-0.2, -0.15) is 0 Å². The monoisotopic (exact) mass is 356 g/mol. The number of guanidine groups is 1. The fourth-order valence-electron chi connectivity index (χ4n) is 2.91. The molecule has 1 atom stereocenters. The molecular formula is C19H40N4O2. The van der Waals surface area contributed by atoms with Crippen molar-refractivity contribution in [1.29, 1.82) is 5.41 Å². The Bertz CT molecular complexity index is 337. The number of hydrogen-bond acceptors (Lipinski definition) is 3. The summed E-state index contributed by atoms with van der Waals surface area (Å²) in [4.78, 5) is 11.2. The van der Waals surface area contributed by atoms with Gasteiger partial charge in [-0.05, 0) is 25.8 Å². The largest absolute Gasteiger partial charge is 0.480 e. The number of carbonyl (C=O) groups is 1. The molecule has 0 aromatic rings. The molecule has 6 nitrogen and oxygen atoms in total. The molecule has 0 aromatic carbocycles. The third kappa shape index (κ3) is 17.3. The zero-order valence-corrected chi connectivity index (χ0v) is 16.1. The summed E-state index contributed by atoms with van der Waals surface area (Å²) in [5.41, 5.74) is 5.19. The number of nitrogens with one attached hydrogen (secondary N) is 3. The minimum absolute atomic E-state index is 0.0687. The maximum absolute atomic E-state index is 11.2. The molecule has 0 fully saturated rings. The van der Waals surface area contributed by atoms with E-state index < -0.39 is 12.0 Å². The zero-order chi connectivity index (χ0) is 18.8. The third-order valence-electron chi connectivity index (χ3n) is 4.45. The van der Waals surface area contributed by atoms with E-state index >= 15 is 0 Å². The van der Waals surface area contributed by atoms with E-state index in [2.05, 4.69) is 17.6 Å². The van der Waals surface area contributed by atoms with Gasteiger partial charge in [-0.25, -0.2) is 0 Å². The van der Waals surface area contributed by atoms with Gasteiger partial charge < -0.3 is 21.5 Å². The van der Waals surface area contributed by atoms with Crippen LogP contribution in [0.1, 0.15) is 90.4 Å². The number of unbranched alkanes of at least 4 members (excludes halogenated alkanes) is 10. The lowest BCUT2D eigenvalue weighted by atomic mass is 10.1. The van der Waals surface area contributed by atoms with E-state index in [4.69, 9.17) is 11.1 Å². The van der Waals surface area contributed by atoms with E-state index in [0.29, 0.717) is 19.4 Å². The highest BCUT2D eigenvalue weighted by atomic mass is 16.4. The molecule has 0 aliphatic rings. The average Bonchev–Trinajstić information content (AvgIpc) is 2.57. The van der Waals surface area contributed by atoms with Crippen molar-refractivity contribution in [2.24, 2.45) is 5.73 Å². The van der Waals surface area contributed by atoms with Gasteiger partial charge >= 0.3 is 5.97 Å². The van der Waals surface area contributed by atoms with E-state index in [0.717, 1.165) is 13.0 Å². The Kier molecular flexibility index (Phi) is 16.6. The lowest BCUT2D eigenvalue weighted by Crippen LogP contribution is -2.38. The van der Waals surface area contributed by atoms with Crippen LogP contribution >= 0.6 is 0 Å². The second-order valence-corrected chi connectivity index (χ2v) is 6.86. The molecule has 6 N–H and O–H groups in total. The van der Waals surface area contributed by atoms with Gasteiger partial charge in [-0.15, -0.1) is 0 Å². The van der Waals surface area contributed by atoms with E-state index in [1.807, 2.05) is 0 Å². The quantitative estimate of drug-likeness (QED) is 0.146. The van der Waals surface area contributed by atoms with Crippen LogP contribution in [0, 0.1) is 5.41 Å². The normalized spacial score (nSPS) is 12.0. The van der Waals surface area contributed by atoms with Crippen molar-refractivity contribution in [2.75, 3.05) is 13.1 Å². The molecule has 0 saturated heterocycles. The number of hydrogen-bond donors (Lipinski definition) is 5. The van der Waals surface area contributed by atoms with Crippen LogP contribution in [0.2, 0.25) is 0 Å². The highest BCUT2D eigenvalue weighted by Gasteiger charge is 2.15. The molecule has 148 valence electrons. The fraction of sp³-hybridized carbons (Fsp3) is 0.895. The first-order chi connectivity index (χ1) is 12.1. The van der Waals surface area contributed by atoms with Crippen molar-refractivity contribution >= 4 is 11.9 Å². The SMILES string of the molecule is CCCCCCCCCCCCCN[C@@H](CCCNC(=N)N)C(=O)O. The van der Waals surface area contributed by atoms with Crippen LogP contribution < -0.4 is 16.4 Å². The predicted molar refractivity (Wildman–Crippen MR) is 105 cm³/mol.